The minimum Gasteiger partial charge on any atom is -0.497 e. The lowest BCUT2D eigenvalue weighted by atomic mass is 9.94. The van der Waals surface area contributed by atoms with Gasteiger partial charge in [0, 0.05) is 6.04 Å². The molecule has 2 fully saturated rings. The van der Waals surface area contributed by atoms with Gasteiger partial charge in [-0.2, -0.15) is 0 Å². The normalized spacial score (nSPS) is 22.3. The molecule has 1 heterocycles. The minimum absolute atomic E-state index is 0.245. The zero-order chi connectivity index (χ0) is 17.7. The smallest absolute Gasteiger partial charge is 0.181 e. The number of hydrogen-bond donors (Lipinski definition) is 0. The molecule has 3 rings (SSSR count). The van der Waals surface area contributed by atoms with Crippen molar-refractivity contribution in [3.05, 3.63) is 24.3 Å². The molecule has 0 amide bonds. The van der Waals surface area contributed by atoms with Gasteiger partial charge < -0.3 is 9.64 Å². The second kappa shape index (κ2) is 8.54. The number of benzene rings is 1. The number of methoxy groups -OCH3 is 1. The number of hydrogen-bond acceptors (Lipinski definition) is 4. The van der Waals surface area contributed by atoms with Crippen LogP contribution in [-0.4, -0.2) is 44.8 Å². The molecule has 0 unspecified atom stereocenters. The van der Waals surface area contributed by atoms with Crippen molar-refractivity contribution in [3.63, 3.8) is 0 Å². The highest BCUT2D eigenvalue weighted by molar-refractivity contribution is 7.92. The van der Waals surface area contributed by atoms with Gasteiger partial charge in [0.05, 0.1) is 17.3 Å². The number of ether oxygens (including phenoxy) is 1. The van der Waals surface area contributed by atoms with E-state index in [2.05, 4.69) is 4.90 Å². The summed E-state index contributed by atoms with van der Waals surface area (Å²) in [5.41, 5.74) is 0. The second-order valence-electron chi connectivity index (χ2n) is 7.45. The van der Waals surface area contributed by atoms with Gasteiger partial charge in [-0.15, -0.1) is 0 Å². The molecule has 1 aliphatic carbocycles. The third-order valence-electron chi connectivity index (χ3n) is 5.89. The summed E-state index contributed by atoms with van der Waals surface area (Å²) in [5.74, 6) is 0.693. The molecule has 5 heteroatoms. The molecule has 0 aromatic heterocycles. The van der Waals surface area contributed by atoms with E-state index < -0.39 is 9.84 Å². The van der Waals surface area contributed by atoms with E-state index in [0.717, 1.165) is 25.9 Å². The van der Waals surface area contributed by atoms with Crippen molar-refractivity contribution in [1.29, 1.82) is 0 Å². The van der Waals surface area contributed by atoms with Crippen LogP contribution >= 0.6 is 0 Å². The Kier molecular flexibility index (Phi) is 6.39. The Hall–Kier alpha value is -1.07. The minimum atomic E-state index is -3.24. The van der Waals surface area contributed by atoms with Crippen molar-refractivity contribution in [2.75, 3.05) is 20.2 Å². The number of nitrogens with zero attached hydrogens (tertiary/aromatic N) is 1. The first kappa shape index (κ1) is 18.7. The molecule has 0 spiro atoms. The van der Waals surface area contributed by atoms with Crippen LogP contribution in [0.2, 0.25) is 0 Å². The lowest BCUT2D eigenvalue weighted by Gasteiger charge is -2.38. The van der Waals surface area contributed by atoms with Gasteiger partial charge >= 0.3 is 0 Å². The van der Waals surface area contributed by atoms with E-state index in [9.17, 15) is 8.42 Å². The SMILES string of the molecule is COc1ccc(S(=O)(=O)C2CCN(C3CCCCCCC3)CC2)cc1. The molecule has 0 radical (unpaired) electrons. The van der Waals surface area contributed by atoms with E-state index in [-0.39, 0.29) is 5.25 Å². The first-order valence-electron chi connectivity index (χ1n) is 9.73. The molecule has 1 saturated carbocycles. The van der Waals surface area contributed by atoms with Gasteiger partial charge in [0.15, 0.2) is 9.84 Å². The van der Waals surface area contributed by atoms with Crippen LogP contribution in [0.15, 0.2) is 29.2 Å². The maximum Gasteiger partial charge on any atom is 0.181 e. The molecule has 1 saturated heterocycles. The summed E-state index contributed by atoms with van der Waals surface area (Å²) in [7, 11) is -1.64. The van der Waals surface area contributed by atoms with Gasteiger partial charge in [-0.05, 0) is 63.0 Å². The van der Waals surface area contributed by atoms with Gasteiger partial charge in [-0.3, -0.25) is 0 Å². The molecule has 1 aromatic carbocycles. The Bertz CT molecular complexity index is 625. The summed E-state index contributed by atoms with van der Waals surface area (Å²) in [6.45, 7) is 1.84. The van der Waals surface area contributed by atoms with Crippen LogP contribution < -0.4 is 4.74 Å². The summed E-state index contributed by atoms with van der Waals surface area (Å²) in [6.07, 6.45) is 10.8. The van der Waals surface area contributed by atoms with E-state index in [1.807, 2.05) is 0 Å². The number of piperidine rings is 1. The second-order valence-corrected chi connectivity index (χ2v) is 9.68. The van der Waals surface area contributed by atoms with Crippen molar-refractivity contribution in [1.82, 2.24) is 4.90 Å². The highest BCUT2D eigenvalue weighted by Gasteiger charge is 2.33. The van der Waals surface area contributed by atoms with Crippen molar-refractivity contribution in [2.45, 2.75) is 74.0 Å². The first-order valence-corrected chi connectivity index (χ1v) is 11.3. The topological polar surface area (TPSA) is 46.6 Å². The van der Waals surface area contributed by atoms with Gasteiger partial charge in [-0.25, -0.2) is 8.42 Å². The Balaban J connectivity index is 1.60. The zero-order valence-corrected chi connectivity index (χ0v) is 16.1. The molecule has 2 aliphatic rings. The van der Waals surface area contributed by atoms with Crippen molar-refractivity contribution < 1.29 is 13.2 Å². The summed E-state index contributed by atoms with van der Waals surface area (Å²) >= 11 is 0. The van der Waals surface area contributed by atoms with E-state index in [1.54, 1.807) is 31.4 Å². The molecule has 0 bridgehead atoms. The van der Waals surface area contributed by atoms with Crippen LogP contribution in [0.3, 0.4) is 0 Å². The Morgan fingerprint density at radius 1 is 0.880 bits per heavy atom. The van der Waals surface area contributed by atoms with E-state index >= 15 is 0 Å². The predicted molar refractivity (Wildman–Crippen MR) is 101 cm³/mol. The summed E-state index contributed by atoms with van der Waals surface area (Å²) in [5, 5.41) is -0.245. The maximum atomic E-state index is 12.9. The van der Waals surface area contributed by atoms with Gasteiger partial charge in [-0.1, -0.05) is 32.1 Å². The lowest BCUT2D eigenvalue weighted by Crippen LogP contribution is -2.44. The molecule has 25 heavy (non-hydrogen) atoms. The average molecular weight is 366 g/mol. The summed E-state index contributed by atoms with van der Waals surface area (Å²) < 4.78 is 30.9. The fourth-order valence-electron chi connectivity index (χ4n) is 4.31. The highest BCUT2D eigenvalue weighted by atomic mass is 32.2. The van der Waals surface area contributed by atoms with E-state index in [1.165, 1.54) is 44.9 Å². The largest absolute Gasteiger partial charge is 0.497 e. The van der Waals surface area contributed by atoms with Crippen LogP contribution in [0.4, 0.5) is 0 Å². The standard InChI is InChI=1S/C20H31NO3S/c1-24-18-9-11-19(12-10-18)25(22,23)20-13-15-21(16-14-20)17-7-5-3-2-4-6-8-17/h9-12,17,20H,2-8,13-16H2,1H3. The predicted octanol–water partition coefficient (Wildman–Crippen LogP) is 4.05. The third kappa shape index (κ3) is 4.56. The third-order valence-corrected chi connectivity index (χ3v) is 8.17. The van der Waals surface area contributed by atoms with Crippen LogP contribution in [0.5, 0.6) is 5.75 Å². The molecular weight excluding hydrogens is 334 g/mol. The molecule has 1 aliphatic heterocycles. The molecule has 0 N–H and O–H groups in total. The Morgan fingerprint density at radius 2 is 1.44 bits per heavy atom. The molecular formula is C20H31NO3S. The summed E-state index contributed by atoms with van der Waals surface area (Å²) in [4.78, 5) is 2.99. The molecule has 0 atom stereocenters. The first-order chi connectivity index (χ1) is 12.1. The molecule has 1 aromatic rings. The van der Waals surface area contributed by atoms with Crippen LogP contribution in [-0.2, 0) is 9.84 Å². The highest BCUT2D eigenvalue weighted by Crippen LogP contribution is 2.29. The monoisotopic (exact) mass is 365 g/mol. The van der Waals surface area contributed by atoms with Crippen LogP contribution in [0.25, 0.3) is 0 Å². The van der Waals surface area contributed by atoms with Gasteiger partial charge in [0.25, 0.3) is 0 Å². The van der Waals surface area contributed by atoms with Crippen molar-refractivity contribution >= 4 is 9.84 Å². The fraction of sp³-hybridized carbons (Fsp3) is 0.700. The fourth-order valence-corrected chi connectivity index (χ4v) is 6.04. The zero-order valence-electron chi connectivity index (χ0n) is 15.3. The van der Waals surface area contributed by atoms with E-state index in [4.69, 9.17) is 4.74 Å². The van der Waals surface area contributed by atoms with Crippen LogP contribution in [0, 0.1) is 0 Å². The van der Waals surface area contributed by atoms with Crippen LogP contribution in [0.1, 0.15) is 57.8 Å². The number of rotatable bonds is 4. The quantitative estimate of drug-likeness (QED) is 0.808. The Morgan fingerprint density at radius 3 is 2.00 bits per heavy atom. The lowest BCUT2D eigenvalue weighted by molar-refractivity contribution is 0.140. The maximum absolute atomic E-state index is 12.9. The number of likely N-dealkylation sites (tertiary alicyclic amines) is 1. The van der Waals surface area contributed by atoms with Gasteiger partial charge in [0.1, 0.15) is 5.75 Å². The molecule has 140 valence electrons. The number of sulfone groups is 1. The van der Waals surface area contributed by atoms with Gasteiger partial charge in [0.2, 0.25) is 0 Å². The Labute approximate surface area is 152 Å². The molecule has 4 nitrogen and oxygen atoms in total. The van der Waals surface area contributed by atoms with Crippen molar-refractivity contribution in [2.24, 2.45) is 0 Å². The summed E-state index contributed by atoms with van der Waals surface area (Å²) in [6, 6.07) is 7.49. The average Bonchev–Trinajstić information content (AvgIpc) is 2.62. The van der Waals surface area contributed by atoms with Crippen molar-refractivity contribution in [3.8, 4) is 5.75 Å². The van der Waals surface area contributed by atoms with E-state index in [0.29, 0.717) is 16.7 Å².